The number of aromatic nitrogens is 2. The van der Waals surface area contributed by atoms with Crippen LogP contribution in [0.4, 0.5) is 13.2 Å². The average molecular weight is 257 g/mol. The molecule has 0 fully saturated rings. The van der Waals surface area contributed by atoms with Gasteiger partial charge in [0, 0.05) is 12.6 Å². The van der Waals surface area contributed by atoms with Gasteiger partial charge in [-0.25, -0.2) is 0 Å². The predicted molar refractivity (Wildman–Crippen MR) is 53.2 cm³/mol. The molecule has 0 amide bonds. The van der Waals surface area contributed by atoms with Gasteiger partial charge in [-0.05, 0) is 19.8 Å². The van der Waals surface area contributed by atoms with Crippen LogP contribution < -0.4 is 0 Å². The molecule has 0 aliphatic rings. The fraction of sp³-hybridized carbons (Fsp3) is 0.667. The Labute approximate surface area is 95.8 Å². The maximum atomic E-state index is 12.6. The summed E-state index contributed by atoms with van der Waals surface area (Å²) >= 11 is 5.72. The van der Waals surface area contributed by atoms with Crippen LogP contribution in [0.25, 0.3) is 0 Å². The highest BCUT2D eigenvalue weighted by molar-refractivity contribution is 6.30. The Morgan fingerprint density at radius 3 is 2.50 bits per heavy atom. The van der Waals surface area contributed by atoms with Crippen LogP contribution in [0, 0.1) is 0 Å². The maximum Gasteiger partial charge on any atom is 0.435 e. The first kappa shape index (κ1) is 13.3. The summed E-state index contributed by atoms with van der Waals surface area (Å²) in [6.07, 6.45) is -4.91. The molecule has 0 aliphatic carbocycles. The SMILES string of the molecule is CC(O)CCc1c(C(F)(F)F)nn(C)c1Cl. The van der Waals surface area contributed by atoms with E-state index < -0.39 is 18.0 Å². The van der Waals surface area contributed by atoms with Crippen LogP contribution >= 0.6 is 11.6 Å². The summed E-state index contributed by atoms with van der Waals surface area (Å²) in [6, 6.07) is 0. The summed E-state index contributed by atoms with van der Waals surface area (Å²) in [4.78, 5) is 0. The molecule has 1 N–H and O–H groups in total. The van der Waals surface area contributed by atoms with Crippen molar-refractivity contribution < 1.29 is 18.3 Å². The minimum Gasteiger partial charge on any atom is -0.393 e. The first-order valence-corrected chi connectivity index (χ1v) is 5.08. The number of aliphatic hydroxyl groups is 1. The molecule has 0 spiro atoms. The van der Waals surface area contributed by atoms with Crippen LogP contribution in [0.2, 0.25) is 5.15 Å². The van der Waals surface area contributed by atoms with E-state index in [0.29, 0.717) is 0 Å². The van der Waals surface area contributed by atoms with Gasteiger partial charge in [0.15, 0.2) is 5.69 Å². The Morgan fingerprint density at radius 1 is 1.50 bits per heavy atom. The molecule has 1 rings (SSSR count). The molecule has 1 heterocycles. The summed E-state index contributed by atoms with van der Waals surface area (Å²) in [7, 11) is 1.35. The molecule has 0 radical (unpaired) electrons. The largest absolute Gasteiger partial charge is 0.435 e. The standard InChI is InChI=1S/C9H12ClF3N2O/c1-5(16)3-4-6-7(9(11,12)13)14-15(2)8(6)10/h5,16H,3-4H2,1-2H3. The van der Waals surface area contributed by atoms with Gasteiger partial charge < -0.3 is 5.11 Å². The van der Waals surface area contributed by atoms with Gasteiger partial charge in [0.25, 0.3) is 0 Å². The van der Waals surface area contributed by atoms with Crippen LogP contribution in [-0.4, -0.2) is 21.0 Å². The second-order valence-corrected chi connectivity index (χ2v) is 3.99. The minimum atomic E-state index is -4.51. The molecular formula is C9H12ClF3N2O. The molecule has 1 atom stereocenters. The van der Waals surface area contributed by atoms with Gasteiger partial charge in [0.2, 0.25) is 0 Å². The van der Waals surface area contributed by atoms with E-state index >= 15 is 0 Å². The third kappa shape index (κ3) is 2.89. The van der Waals surface area contributed by atoms with E-state index in [1.165, 1.54) is 14.0 Å². The zero-order valence-electron chi connectivity index (χ0n) is 8.85. The maximum absolute atomic E-state index is 12.6. The Kier molecular flexibility index (Phi) is 3.85. The van der Waals surface area contributed by atoms with Crippen molar-refractivity contribution in [2.24, 2.45) is 7.05 Å². The van der Waals surface area contributed by atoms with Crippen molar-refractivity contribution in [2.45, 2.75) is 32.0 Å². The Morgan fingerprint density at radius 2 is 2.06 bits per heavy atom. The first-order valence-electron chi connectivity index (χ1n) is 4.70. The third-order valence-corrected chi connectivity index (χ3v) is 2.62. The second-order valence-electron chi connectivity index (χ2n) is 3.63. The number of aliphatic hydroxyl groups excluding tert-OH is 1. The van der Waals surface area contributed by atoms with Crippen molar-refractivity contribution in [1.82, 2.24) is 9.78 Å². The van der Waals surface area contributed by atoms with E-state index in [1.54, 1.807) is 0 Å². The van der Waals surface area contributed by atoms with Crippen LogP contribution in [0.3, 0.4) is 0 Å². The lowest BCUT2D eigenvalue weighted by molar-refractivity contribution is -0.142. The molecule has 0 bridgehead atoms. The molecule has 0 saturated carbocycles. The summed E-state index contributed by atoms with van der Waals surface area (Å²) in [5.74, 6) is 0. The number of halogens is 4. The van der Waals surface area contributed by atoms with Crippen LogP contribution in [0.1, 0.15) is 24.6 Å². The smallest absolute Gasteiger partial charge is 0.393 e. The fourth-order valence-corrected chi connectivity index (χ4v) is 1.57. The summed E-state index contributed by atoms with van der Waals surface area (Å²) in [6.45, 7) is 1.51. The molecule has 0 saturated heterocycles. The quantitative estimate of drug-likeness (QED) is 0.902. The molecule has 1 aromatic rings. The van der Waals surface area contributed by atoms with Crippen LogP contribution in [-0.2, 0) is 19.6 Å². The van der Waals surface area contributed by atoms with E-state index in [4.69, 9.17) is 16.7 Å². The van der Waals surface area contributed by atoms with Crippen molar-refractivity contribution in [2.75, 3.05) is 0 Å². The fourth-order valence-electron chi connectivity index (χ4n) is 1.35. The van der Waals surface area contributed by atoms with E-state index in [-0.39, 0.29) is 23.6 Å². The molecular weight excluding hydrogens is 245 g/mol. The summed E-state index contributed by atoms with van der Waals surface area (Å²) in [5, 5.41) is 12.4. The Hall–Kier alpha value is -0.750. The number of alkyl halides is 3. The number of rotatable bonds is 3. The van der Waals surface area contributed by atoms with Crippen molar-refractivity contribution in [3.63, 3.8) is 0 Å². The number of aryl methyl sites for hydroxylation is 1. The zero-order chi connectivity index (χ0) is 12.5. The monoisotopic (exact) mass is 256 g/mol. The van der Waals surface area contributed by atoms with Gasteiger partial charge in [0.05, 0.1) is 6.10 Å². The van der Waals surface area contributed by atoms with Crippen molar-refractivity contribution in [3.8, 4) is 0 Å². The Bertz CT molecular complexity index is 374. The van der Waals surface area contributed by atoms with Gasteiger partial charge in [-0.1, -0.05) is 11.6 Å². The lowest BCUT2D eigenvalue weighted by Crippen LogP contribution is -2.11. The lowest BCUT2D eigenvalue weighted by atomic mass is 10.1. The lowest BCUT2D eigenvalue weighted by Gasteiger charge is -2.07. The first-order chi connectivity index (χ1) is 7.23. The third-order valence-electron chi connectivity index (χ3n) is 2.15. The Balaban J connectivity index is 3.05. The molecule has 0 aromatic carbocycles. The highest BCUT2D eigenvalue weighted by Gasteiger charge is 2.38. The minimum absolute atomic E-state index is 0.0343. The topological polar surface area (TPSA) is 38.1 Å². The van der Waals surface area contributed by atoms with Gasteiger partial charge in [0.1, 0.15) is 5.15 Å². The van der Waals surface area contributed by atoms with Crippen LogP contribution in [0.15, 0.2) is 0 Å². The van der Waals surface area contributed by atoms with E-state index in [1.807, 2.05) is 0 Å². The number of nitrogens with zero attached hydrogens (tertiary/aromatic N) is 2. The number of hydrogen-bond donors (Lipinski definition) is 1. The molecule has 1 unspecified atom stereocenters. The normalized spacial score (nSPS) is 14.2. The van der Waals surface area contributed by atoms with Crippen molar-refractivity contribution >= 4 is 11.6 Å². The van der Waals surface area contributed by atoms with Crippen LogP contribution in [0.5, 0.6) is 0 Å². The van der Waals surface area contributed by atoms with Crippen molar-refractivity contribution in [3.05, 3.63) is 16.4 Å². The van der Waals surface area contributed by atoms with Gasteiger partial charge >= 0.3 is 6.18 Å². The second kappa shape index (κ2) is 4.63. The zero-order valence-corrected chi connectivity index (χ0v) is 9.60. The molecule has 1 aromatic heterocycles. The van der Waals surface area contributed by atoms with Gasteiger partial charge in [-0.2, -0.15) is 18.3 Å². The van der Waals surface area contributed by atoms with E-state index in [9.17, 15) is 13.2 Å². The van der Waals surface area contributed by atoms with Gasteiger partial charge in [-0.3, -0.25) is 4.68 Å². The predicted octanol–water partition coefficient (Wildman–Crippen LogP) is 2.41. The highest BCUT2D eigenvalue weighted by atomic mass is 35.5. The average Bonchev–Trinajstić information content (AvgIpc) is 2.40. The number of hydrogen-bond acceptors (Lipinski definition) is 2. The molecule has 7 heteroatoms. The van der Waals surface area contributed by atoms with E-state index in [2.05, 4.69) is 5.10 Å². The van der Waals surface area contributed by atoms with Gasteiger partial charge in [-0.15, -0.1) is 0 Å². The molecule has 92 valence electrons. The molecule has 16 heavy (non-hydrogen) atoms. The summed E-state index contributed by atoms with van der Waals surface area (Å²) in [5.41, 5.74) is -1.03. The highest BCUT2D eigenvalue weighted by Crippen LogP contribution is 2.34. The van der Waals surface area contributed by atoms with Crippen molar-refractivity contribution in [1.29, 1.82) is 0 Å². The molecule has 3 nitrogen and oxygen atoms in total. The molecule has 0 aliphatic heterocycles. The van der Waals surface area contributed by atoms with E-state index in [0.717, 1.165) is 4.68 Å². The summed E-state index contributed by atoms with van der Waals surface area (Å²) < 4.78 is 38.7.